The molecular weight excluding hydrogens is 313 g/mol. The lowest BCUT2D eigenvalue weighted by molar-refractivity contribution is 0.169. The maximum absolute atomic E-state index is 13.0. The van der Waals surface area contributed by atoms with Gasteiger partial charge in [-0.25, -0.2) is 17.5 Å². The van der Waals surface area contributed by atoms with Crippen molar-refractivity contribution < 1.29 is 17.9 Å². The van der Waals surface area contributed by atoms with Crippen LogP contribution in [0.4, 0.5) is 4.39 Å². The van der Waals surface area contributed by atoms with Gasteiger partial charge in [0.05, 0.1) is 11.9 Å². The van der Waals surface area contributed by atoms with Crippen LogP contribution in [-0.2, 0) is 15.8 Å². The number of thiophene rings is 1. The predicted octanol–water partition coefficient (Wildman–Crippen LogP) is 2.43. The van der Waals surface area contributed by atoms with E-state index in [1.54, 1.807) is 12.1 Å². The number of hydrogen-bond acceptors (Lipinski definition) is 4. The zero-order chi connectivity index (χ0) is 15.3. The third-order valence-corrected chi connectivity index (χ3v) is 4.97. The van der Waals surface area contributed by atoms with E-state index in [0.29, 0.717) is 12.0 Å². The van der Waals surface area contributed by atoms with Gasteiger partial charge in [-0.3, -0.25) is 0 Å². The number of nitrogens with one attached hydrogen (secondary N) is 1. The summed E-state index contributed by atoms with van der Waals surface area (Å²) in [6, 6.07) is 7.29. The fraction of sp³-hybridized carbons (Fsp3) is 0.286. The summed E-state index contributed by atoms with van der Waals surface area (Å²) in [7, 11) is -3.54. The van der Waals surface area contributed by atoms with Gasteiger partial charge >= 0.3 is 0 Å². The summed E-state index contributed by atoms with van der Waals surface area (Å²) in [6.07, 6.45) is -0.396. The number of aliphatic hydroxyl groups is 1. The fourth-order valence-electron chi connectivity index (χ4n) is 1.88. The molecule has 0 aliphatic carbocycles. The third-order valence-electron chi connectivity index (χ3n) is 2.91. The number of halogens is 1. The number of aliphatic hydroxyl groups excluding tert-OH is 1. The van der Waals surface area contributed by atoms with Gasteiger partial charge in [-0.2, -0.15) is 11.3 Å². The summed E-state index contributed by atoms with van der Waals surface area (Å²) >= 11 is 1.48. The number of benzene rings is 1. The molecule has 0 spiro atoms. The van der Waals surface area contributed by atoms with Crippen molar-refractivity contribution in [3.8, 4) is 0 Å². The van der Waals surface area contributed by atoms with Crippen LogP contribution in [0.25, 0.3) is 0 Å². The van der Waals surface area contributed by atoms with Crippen LogP contribution in [0.3, 0.4) is 0 Å². The van der Waals surface area contributed by atoms with E-state index in [-0.39, 0.29) is 12.3 Å². The first-order valence-corrected chi connectivity index (χ1v) is 8.98. The second-order valence-corrected chi connectivity index (χ2v) is 7.23. The van der Waals surface area contributed by atoms with E-state index in [4.69, 9.17) is 0 Å². The average molecular weight is 329 g/mol. The van der Waals surface area contributed by atoms with Crippen molar-refractivity contribution in [2.45, 2.75) is 18.3 Å². The van der Waals surface area contributed by atoms with Gasteiger partial charge in [-0.1, -0.05) is 12.1 Å². The van der Waals surface area contributed by atoms with Crippen LogP contribution in [0.1, 0.15) is 23.7 Å². The third kappa shape index (κ3) is 5.20. The van der Waals surface area contributed by atoms with Crippen molar-refractivity contribution in [3.63, 3.8) is 0 Å². The highest BCUT2D eigenvalue weighted by molar-refractivity contribution is 7.88. The summed E-state index contributed by atoms with van der Waals surface area (Å²) in [5.41, 5.74) is 1.17. The number of sulfonamides is 1. The predicted molar refractivity (Wildman–Crippen MR) is 80.9 cm³/mol. The van der Waals surface area contributed by atoms with Gasteiger partial charge in [-0.15, -0.1) is 0 Å². The number of rotatable bonds is 7. The second kappa shape index (κ2) is 7.13. The zero-order valence-electron chi connectivity index (χ0n) is 11.2. The molecule has 1 atom stereocenters. The lowest BCUT2D eigenvalue weighted by atomic mass is 10.1. The summed E-state index contributed by atoms with van der Waals surface area (Å²) in [5, 5.41) is 13.5. The Morgan fingerprint density at radius 1 is 1.33 bits per heavy atom. The van der Waals surface area contributed by atoms with Crippen LogP contribution < -0.4 is 4.72 Å². The lowest BCUT2D eigenvalue weighted by Gasteiger charge is -2.10. The first kappa shape index (κ1) is 16.1. The van der Waals surface area contributed by atoms with Crippen molar-refractivity contribution in [1.82, 2.24) is 4.72 Å². The summed E-state index contributed by atoms with van der Waals surface area (Å²) < 4.78 is 39.2. The van der Waals surface area contributed by atoms with E-state index < -0.39 is 21.9 Å². The first-order chi connectivity index (χ1) is 9.96. The highest BCUT2D eigenvalue weighted by atomic mass is 32.2. The van der Waals surface area contributed by atoms with Crippen molar-refractivity contribution in [1.29, 1.82) is 0 Å². The molecule has 1 unspecified atom stereocenters. The Kier molecular flexibility index (Phi) is 5.46. The normalized spacial score (nSPS) is 13.2. The molecule has 2 N–H and O–H groups in total. The van der Waals surface area contributed by atoms with Crippen molar-refractivity contribution in [2.75, 3.05) is 6.54 Å². The van der Waals surface area contributed by atoms with Gasteiger partial charge < -0.3 is 5.11 Å². The van der Waals surface area contributed by atoms with E-state index in [9.17, 15) is 17.9 Å². The van der Waals surface area contributed by atoms with Gasteiger partial charge in [0.1, 0.15) is 5.82 Å². The lowest BCUT2D eigenvalue weighted by Crippen LogP contribution is -2.27. The van der Waals surface area contributed by atoms with Crippen LogP contribution in [-0.4, -0.2) is 20.1 Å². The minimum atomic E-state index is -3.54. The highest BCUT2D eigenvalue weighted by Crippen LogP contribution is 2.18. The molecule has 1 aromatic carbocycles. The second-order valence-electron chi connectivity index (χ2n) is 4.64. The standard InChI is InChI=1S/C14H16FNO3S2/c15-13-3-1-2-11(8-13)10-21(18,19)16-6-4-14(17)12-5-7-20-9-12/h1-3,5,7-9,14,16-17H,4,6,10H2. The molecule has 1 heterocycles. The van der Waals surface area contributed by atoms with Crippen LogP contribution >= 0.6 is 11.3 Å². The molecule has 21 heavy (non-hydrogen) atoms. The Labute approximate surface area is 127 Å². The summed E-state index contributed by atoms with van der Waals surface area (Å²) in [5.74, 6) is -0.741. The van der Waals surface area contributed by atoms with Gasteiger partial charge in [0.15, 0.2) is 0 Å². The van der Waals surface area contributed by atoms with Crippen LogP contribution in [0.5, 0.6) is 0 Å². The SMILES string of the molecule is O=S(=O)(Cc1cccc(F)c1)NCCC(O)c1ccsc1. The molecule has 4 nitrogen and oxygen atoms in total. The van der Waals surface area contributed by atoms with Crippen molar-refractivity contribution >= 4 is 21.4 Å². The minimum Gasteiger partial charge on any atom is -0.388 e. The molecule has 0 bridgehead atoms. The molecule has 0 saturated heterocycles. The smallest absolute Gasteiger partial charge is 0.215 e. The maximum Gasteiger partial charge on any atom is 0.215 e. The van der Waals surface area contributed by atoms with Crippen LogP contribution in [0.2, 0.25) is 0 Å². The van der Waals surface area contributed by atoms with E-state index in [0.717, 1.165) is 5.56 Å². The minimum absolute atomic E-state index is 0.134. The Bertz CT molecular complexity index is 671. The van der Waals surface area contributed by atoms with Gasteiger partial charge in [-0.05, 0) is 46.5 Å². The van der Waals surface area contributed by atoms with Gasteiger partial charge in [0.25, 0.3) is 0 Å². The average Bonchev–Trinajstić information content (AvgIpc) is 2.91. The highest BCUT2D eigenvalue weighted by Gasteiger charge is 2.13. The Balaban J connectivity index is 1.84. The van der Waals surface area contributed by atoms with Crippen LogP contribution in [0, 0.1) is 5.82 Å². The van der Waals surface area contributed by atoms with E-state index >= 15 is 0 Å². The zero-order valence-corrected chi connectivity index (χ0v) is 12.8. The quantitative estimate of drug-likeness (QED) is 0.820. The Morgan fingerprint density at radius 3 is 2.81 bits per heavy atom. The molecule has 0 aliphatic heterocycles. The number of hydrogen-bond donors (Lipinski definition) is 2. The molecule has 0 saturated carbocycles. The molecule has 2 rings (SSSR count). The first-order valence-electron chi connectivity index (χ1n) is 6.38. The molecular formula is C14H16FNO3S2. The molecule has 7 heteroatoms. The maximum atomic E-state index is 13.0. The van der Waals surface area contributed by atoms with Gasteiger partial charge in [0.2, 0.25) is 10.0 Å². The molecule has 0 amide bonds. The van der Waals surface area contributed by atoms with Crippen molar-refractivity contribution in [3.05, 3.63) is 58.0 Å². The van der Waals surface area contributed by atoms with E-state index in [1.807, 2.05) is 10.8 Å². The topological polar surface area (TPSA) is 66.4 Å². The monoisotopic (exact) mass is 329 g/mol. The molecule has 0 fully saturated rings. The van der Waals surface area contributed by atoms with E-state index in [2.05, 4.69) is 4.72 Å². The summed E-state index contributed by atoms with van der Waals surface area (Å²) in [6.45, 7) is 0.134. The summed E-state index contributed by atoms with van der Waals surface area (Å²) in [4.78, 5) is 0. The van der Waals surface area contributed by atoms with Gasteiger partial charge in [0, 0.05) is 6.54 Å². The van der Waals surface area contributed by atoms with E-state index in [1.165, 1.54) is 29.5 Å². The molecule has 2 aromatic rings. The molecule has 0 radical (unpaired) electrons. The Hall–Kier alpha value is -1.28. The molecule has 1 aromatic heterocycles. The molecule has 114 valence electrons. The van der Waals surface area contributed by atoms with Crippen LogP contribution in [0.15, 0.2) is 41.1 Å². The Morgan fingerprint density at radius 2 is 2.14 bits per heavy atom. The van der Waals surface area contributed by atoms with Crippen molar-refractivity contribution in [2.24, 2.45) is 0 Å². The fourth-order valence-corrected chi connectivity index (χ4v) is 3.74. The largest absolute Gasteiger partial charge is 0.388 e. The molecule has 0 aliphatic rings.